The van der Waals surface area contributed by atoms with Crippen molar-refractivity contribution in [3.8, 4) is 0 Å². The highest BCUT2D eigenvalue weighted by Gasteiger charge is 2.10. The first-order valence-electron chi connectivity index (χ1n) is 7.13. The summed E-state index contributed by atoms with van der Waals surface area (Å²) in [5, 5.41) is 8.80. The molecule has 21 heavy (non-hydrogen) atoms. The van der Waals surface area contributed by atoms with Crippen molar-refractivity contribution in [1.82, 2.24) is 9.97 Å². The number of thiophene rings is 1. The van der Waals surface area contributed by atoms with Crippen LogP contribution in [0.15, 0.2) is 23.6 Å². The maximum atomic E-state index is 5.14. The van der Waals surface area contributed by atoms with Crippen LogP contribution in [0.3, 0.4) is 0 Å². The molecular weight excluding hydrogens is 284 g/mol. The first-order chi connectivity index (χ1) is 10.2. The van der Waals surface area contributed by atoms with Crippen molar-refractivity contribution in [2.24, 2.45) is 0 Å². The number of methoxy groups -OCH3 is 1. The van der Waals surface area contributed by atoms with Crippen molar-refractivity contribution < 1.29 is 4.74 Å². The van der Waals surface area contributed by atoms with Crippen LogP contribution < -0.4 is 10.6 Å². The highest BCUT2D eigenvalue weighted by Crippen LogP contribution is 2.23. The van der Waals surface area contributed by atoms with E-state index in [9.17, 15) is 0 Å². The van der Waals surface area contributed by atoms with E-state index in [4.69, 9.17) is 4.74 Å². The third-order valence-corrected chi connectivity index (χ3v) is 3.99. The average molecular weight is 306 g/mol. The monoisotopic (exact) mass is 306 g/mol. The van der Waals surface area contributed by atoms with Gasteiger partial charge in [0.25, 0.3) is 0 Å². The molecule has 2 heterocycles. The van der Waals surface area contributed by atoms with Gasteiger partial charge < -0.3 is 15.4 Å². The summed E-state index contributed by atoms with van der Waals surface area (Å²) in [6.45, 7) is 5.55. The minimum atomic E-state index is 0.217. The molecule has 2 aromatic heterocycles. The van der Waals surface area contributed by atoms with Crippen LogP contribution in [-0.2, 0) is 11.3 Å². The third-order valence-electron chi connectivity index (χ3n) is 2.94. The molecule has 0 aliphatic heterocycles. The van der Waals surface area contributed by atoms with Gasteiger partial charge in [0.1, 0.15) is 18.2 Å². The normalized spacial score (nSPS) is 12.1. The van der Waals surface area contributed by atoms with E-state index in [1.54, 1.807) is 18.4 Å². The Kier molecular flexibility index (Phi) is 5.95. The van der Waals surface area contributed by atoms with E-state index in [0.717, 1.165) is 24.6 Å². The van der Waals surface area contributed by atoms with Crippen LogP contribution in [0.5, 0.6) is 0 Å². The molecule has 0 aliphatic carbocycles. The number of aromatic nitrogens is 2. The van der Waals surface area contributed by atoms with Gasteiger partial charge in [0, 0.05) is 24.6 Å². The van der Waals surface area contributed by atoms with Crippen molar-refractivity contribution in [2.75, 3.05) is 24.3 Å². The Labute approximate surface area is 129 Å². The van der Waals surface area contributed by atoms with E-state index in [0.29, 0.717) is 12.4 Å². The molecule has 0 fully saturated rings. The average Bonchev–Trinajstić information content (AvgIpc) is 2.99. The highest BCUT2D eigenvalue weighted by atomic mass is 32.1. The summed E-state index contributed by atoms with van der Waals surface area (Å²) in [6, 6.07) is 6.34. The molecule has 114 valence electrons. The zero-order chi connectivity index (χ0) is 15.1. The summed E-state index contributed by atoms with van der Waals surface area (Å²) < 4.78 is 5.14. The van der Waals surface area contributed by atoms with Gasteiger partial charge in [0.2, 0.25) is 0 Å². The van der Waals surface area contributed by atoms with Gasteiger partial charge in [-0.1, -0.05) is 13.0 Å². The van der Waals surface area contributed by atoms with Crippen LogP contribution >= 0.6 is 11.3 Å². The van der Waals surface area contributed by atoms with Crippen LogP contribution in [0.2, 0.25) is 0 Å². The Balaban J connectivity index is 2.14. The molecule has 2 N–H and O–H groups in total. The van der Waals surface area contributed by atoms with Crippen molar-refractivity contribution in [2.45, 2.75) is 32.9 Å². The fourth-order valence-electron chi connectivity index (χ4n) is 1.94. The SMILES string of the molecule is CCCNc1cc(NC(C)c2cccs2)nc(COC)n1. The molecule has 0 radical (unpaired) electrons. The van der Waals surface area contributed by atoms with E-state index in [2.05, 4.69) is 52.0 Å². The molecule has 5 nitrogen and oxygen atoms in total. The predicted octanol–water partition coefficient (Wildman–Crippen LogP) is 3.68. The number of hydrogen-bond acceptors (Lipinski definition) is 6. The van der Waals surface area contributed by atoms with E-state index in [1.807, 2.05) is 6.07 Å². The largest absolute Gasteiger partial charge is 0.377 e. The lowest BCUT2D eigenvalue weighted by Crippen LogP contribution is -2.11. The van der Waals surface area contributed by atoms with Crippen molar-refractivity contribution in [3.05, 3.63) is 34.3 Å². The zero-order valence-electron chi connectivity index (χ0n) is 12.7. The van der Waals surface area contributed by atoms with Crippen molar-refractivity contribution in [1.29, 1.82) is 0 Å². The van der Waals surface area contributed by atoms with Gasteiger partial charge in [-0.05, 0) is 24.8 Å². The molecule has 0 aliphatic rings. The molecule has 0 amide bonds. The fraction of sp³-hybridized carbons (Fsp3) is 0.467. The van der Waals surface area contributed by atoms with E-state index < -0.39 is 0 Å². The molecule has 0 bridgehead atoms. The molecule has 1 unspecified atom stereocenters. The zero-order valence-corrected chi connectivity index (χ0v) is 13.5. The Bertz CT molecular complexity index is 545. The number of nitrogens with zero attached hydrogens (tertiary/aromatic N) is 2. The fourth-order valence-corrected chi connectivity index (χ4v) is 2.67. The summed E-state index contributed by atoms with van der Waals surface area (Å²) >= 11 is 1.74. The number of ether oxygens (including phenoxy) is 1. The molecule has 0 saturated heterocycles. The van der Waals surface area contributed by atoms with Crippen LogP contribution in [0.4, 0.5) is 11.6 Å². The van der Waals surface area contributed by atoms with Crippen LogP contribution in [0.1, 0.15) is 37.0 Å². The lowest BCUT2D eigenvalue weighted by Gasteiger charge is -2.15. The van der Waals surface area contributed by atoms with Gasteiger partial charge in [-0.3, -0.25) is 0 Å². The molecule has 2 aromatic rings. The van der Waals surface area contributed by atoms with Crippen LogP contribution in [-0.4, -0.2) is 23.6 Å². The summed E-state index contributed by atoms with van der Waals surface area (Å²) in [5.41, 5.74) is 0. The quantitative estimate of drug-likeness (QED) is 0.779. The standard InChI is InChI=1S/C15H22N4OS/c1-4-7-16-13-9-14(19-15(18-13)10-20-3)17-11(2)12-6-5-8-21-12/h5-6,8-9,11H,4,7,10H2,1-3H3,(H2,16,17,18,19). The Morgan fingerprint density at radius 2 is 2.14 bits per heavy atom. The molecule has 0 saturated carbocycles. The smallest absolute Gasteiger partial charge is 0.158 e. The summed E-state index contributed by atoms with van der Waals surface area (Å²) in [6.07, 6.45) is 1.05. The maximum absolute atomic E-state index is 5.14. The van der Waals surface area contributed by atoms with Gasteiger partial charge in [0.15, 0.2) is 5.82 Å². The lowest BCUT2D eigenvalue weighted by molar-refractivity contribution is 0.178. The Morgan fingerprint density at radius 3 is 2.81 bits per heavy atom. The summed E-state index contributed by atoms with van der Waals surface area (Å²) in [4.78, 5) is 10.2. The van der Waals surface area contributed by atoms with Crippen LogP contribution in [0, 0.1) is 0 Å². The third kappa shape index (κ3) is 4.68. The second-order valence-corrected chi connectivity index (χ2v) is 5.78. The van der Waals surface area contributed by atoms with E-state index in [-0.39, 0.29) is 6.04 Å². The minimum absolute atomic E-state index is 0.217. The Hall–Kier alpha value is -1.66. The molecule has 0 aromatic carbocycles. The minimum Gasteiger partial charge on any atom is -0.377 e. The topological polar surface area (TPSA) is 59.1 Å². The molecule has 0 spiro atoms. The molecular formula is C15H22N4OS. The lowest BCUT2D eigenvalue weighted by atomic mass is 10.3. The van der Waals surface area contributed by atoms with Crippen molar-refractivity contribution >= 4 is 23.0 Å². The predicted molar refractivity (Wildman–Crippen MR) is 87.9 cm³/mol. The first-order valence-corrected chi connectivity index (χ1v) is 8.01. The molecule has 1 atom stereocenters. The first kappa shape index (κ1) is 15.7. The number of nitrogens with one attached hydrogen (secondary N) is 2. The maximum Gasteiger partial charge on any atom is 0.158 e. The molecule has 6 heteroatoms. The summed E-state index contributed by atoms with van der Waals surface area (Å²) in [5.74, 6) is 2.33. The second kappa shape index (κ2) is 7.95. The van der Waals surface area contributed by atoms with Gasteiger partial charge >= 0.3 is 0 Å². The van der Waals surface area contributed by atoms with E-state index in [1.165, 1.54) is 4.88 Å². The Morgan fingerprint density at radius 1 is 1.33 bits per heavy atom. The summed E-state index contributed by atoms with van der Waals surface area (Å²) in [7, 11) is 1.65. The van der Waals surface area contributed by atoms with Crippen LogP contribution in [0.25, 0.3) is 0 Å². The van der Waals surface area contributed by atoms with Gasteiger partial charge in [0.05, 0.1) is 6.04 Å². The van der Waals surface area contributed by atoms with Crippen molar-refractivity contribution in [3.63, 3.8) is 0 Å². The number of anilines is 2. The highest BCUT2D eigenvalue weighted by molar-refractivity contribution is 7.10. The van der Waals surface area contributed by atoms with Gasteiger partial charge in [-0.25, -0.2) is 9.97 Å². The van der Waals surface area contributed by atoms with Gasteiger partial charge in [-0.2, -0.15) is 0 Å². The molecule has 2 rings (SSSR count). The number of rotatable bonds is 8. The van der Waals surface area contributed by atoms with E-state index >= 15 is 0 Å². The second-order valence-electron chi connectivity index (χ2n) is 4.80. The van der Waals surface area contributed by atoms with Gasteiger partial charge in [-0.15, -0.1) is 11.3 Å². The number of hydrogen-bond donors (Lipinski definition) is 2.